The van der Waals surface area contributed by atoms with Gasteiger partial charge in [0.2, 0.25) is 5.91 Å². The van der Waals surface area contributed by atoms with E-state index in [-0.39, 0.29) is 25.0 Å². The molecule has 0 fully saturated rings. The summed E-state index contributed by atoms with van der Waals surface area (Å²) < 4.78 is 0. The second kappa shape index (κ2) is 8.35. The van der Waals surface area contributed by atoms with Crippen molar-refractivity contribution in [3.05, 3.63) is 21.9 Å². The van der Waals surface area contributed by atoms with Gasteiger partial charge < -0.3 is 15.3 Å². The summed E-state index contributed by atoms with van der Waals surface area (Å²) in [6.07, 6.45) is 0.782. The van der Waals surface area contributed by atoms with Gasteiger partial charge in [0.15, 0.2) is 0 Å². The van der Waals surface area contributed by atoms with Crippen LogP contribution >= 0.6 is 11.3 Å². The van der Waals surface area contributed by atoms with E-state index in [1.807, 2.05) is 6.92 Å². The van der Waals surface area contributed by atoms with Crippen LogP contribution in [0.25, 0.3) is 0 Å². The number of likely N-dealkylation sites (N-methyl/N-ethyl adjacent to an activating group) is 1. The third-order valence-corrected chi connectivity index (χ3v) is 3.38. The molecule has 2 N–H and O–H groups in total. The number of hydrogen-bond donors (Lipinski definition) is 2. The Hall–Kier alpha value is -1.84. The highest BCUT2D eigenvalue weighted by Gasteiger charge is 2.18. The monoisotopic (exact) mass is 294 g/mol. The summed E-state index contributed by atoms with van der Waals surface area (Å²) in [6.45, 7) is 2.33. The van der Waals surface area contributed by atoms with Gasteiger partial charge in [-0.2, -0.15) is 0 Å². The summed E-state index contributed by atoms with van der Waals surface area (Å²) >= 11 is 1.35. The number of aliphatic hydroxyl groups excluding tert-OH is 1. The Morgan fingerprint density at radius 3 is 2.85 bits per heavy atom. The van der Waals surface area contributed by atoms with Crippen molar-refractivity contribution in [1.82, 2.24) is 10.2 Å². The summed E-state index contributed by atoms with van der Waals surface area (Å²) in [7, 11) is 1.55. The molecule has 20 heavy (non-hydrogen) atoms. The van der Waals surface area contributed by atoms with Gasteiger partial charge in [-0.05, 0) is 12.5 Å². The standard InChI is InChI=1S/C14H18N2O3S/c1-3-6-16(9-13(18)15-2)14(19)11-8-12(20-10-11)5-4-7-17/h8,10,17H,3,6-7,9H2,1-2H3,(H,15,18). The minimum atomic E-state index is -0.209. The largest absolute Gasteiger partial charge is 0.384 e. The number of nitrogens with zero attached hydrogens (tertiary/aromatic N) is 1. The van der Waals surface area contributed by atoms with Crippen molar-refractivity contribution in [3.63, 3.8) is 0 Å². The fourth-order valence-electron chi connectivity index (χ4n) is 1.60. The summed E-state index contributed by atoms with van der Waals surface area (Å²) in [5, 5.41) is 12.9. The van der Waals surface area contributed by atoms with Crippen LogP contribution in [0.1, 0.15) is 28.6 Å². The quantitative estimate of drug-likeness (QED) is 0.785. The Morgan fingerprint density at radius 1 is 1.50 bits per heavy atom. The summed E-state index contributed by atoms with van der Waals surface area (Å²) in [4.78, 5) is 26.0. The zero-order valence-electron chi connectivity index (χ0n) is 11.6. The number of rotatable bonds is 5. The molecule has 0 aliphatic rings. The maximum Gasteiger partial charge on any atom is 0.255 e. The van der Waals surface area contributed by atoms with Gasteiger partial charge in [0.25, 0.3) is 5.91 Å². The fraction of sp³-hybridized carbons (Fsp3) is 0.429. The van der Waals surface area contributed by atoms with E-state index in [0.29, 0.717) is 12.1 Å². The van der Waals surface area contributed by atoms with Crippen molar-refractivity contribution in [2.45, 2.75) is 13.3 Å². The Kier molecular flexibility index (Phi) is 6.77. The summed E-state index contributed by atoms with van der Waals surface area (Å²) in [6, 6.07) is 1.68. The molecule has 0 radical (unpaired) electrons. The van der Waals surface area contributed by atoms with Crippen molar-refractivity contribution < 1.29 is 14.7 Å². The molecule has 0 aliphatic carbocycles. The number of thiophene rings is 1. The third kappa shape index (κ3) is 4.68. The van der Waals surface area contributed by atoms with Crippen molar-refractivity contribution in [2.75, 3.05) is 26.7 Å². The maximum atomic E-state index is 12.3. The van der Waals surface area contributed by atoms with Crippen LogP contribution in [0, 0.1) is 11.8 Å². The zero-order valence-corrected chi connectivity index (χ0v) is 12.4. The Bertz CT molecular complexity index is 528. The first-order valence-corrected chi connectivity index (χ1v) is 7.18. The van der Waals surface area contributed by atoms with Crippen molar-refractivity contribution >= 4 is 23.2 Å². The van der Waals surface area contributed by atoms with Crippen molar-refractivity contribution in [3.8, 4) is 11.8 Å². The molecule has 0 unspecified atom stereocenters. The number of aliphatic hydroxyl groups is 1. The van der Waals surface area contributed by atoms with Gasteiger partial charge >= 0.3 is 0 Å². The van der Waals surface area contributed by atoms with E-state index in [4.69, 9.17) is 5.11 Å². The first kappa shape index (κ1) is 16.2. The molecule has 0 aromatic carbocycles. The first-order chi connectivity index (χ1) is 9.62. The molecule has 0 aliphatic heterocycles. The molecule has 0 saturated carbocycles. The third-order valence-electron chi connectivity index (χ3n) is 2.53. The van der Waals surface area contributed by atoms with Gasteiger partial charge in [-0.15, -0.1) is 11.3 Å². The lowest BCUT2D eigenvalue weighted by Gasteiger charge is -2.20. The zero-order chi connectivity index (χ0) is 15.0. The van der Waals surface area contributed by atoms with Gasteiger partial charge in [-0.1, -0.05) is 18.8 Å². The van der Waals surface area contributed by atoms with Crippen LogP contribution in [0.2, 0.25) is 0 Å². The lowest BCUT2D eigenvalue weighted by Crippen LogP contribution is -2.39. The molecule has 1 aromatic heterocycles. The highest BCUT2D eigenvalue weighted by atomic mass is 32.1. The first-order valence-electron chi connectivity index (χ1n) is 6.30. The van der Waals surface area contributed by atoms with Gasteiger partial charge in [0.05, 0.1) is 17.0 Å². The van der Waals surface area contributed by atoms with E-state index in [0.717, 1.165) is 11.3 Å². The van der Waals surface area contributed by atoms with Gasteiger partial charge in [-0.25, -0.2) is 0 Å². The van der Waals surface area contributed by atoms with Gasteiger partial charge in [0, 0.05) is 19.0 Å². The molecule has 1 aromatic rings. The summed E-state index contributed by atoms with van der Waals surface area (Å²) in [5.41, 5.74) is 0.523. The fourth-order valence-corrected chi connectivity index (χ4v) is 2.35. The van der Waals surface area contributed by atoms with Gasteiger partial charge in [0.1, 0.15) is 6.61 Å². The second-order valence-electron chi connectivity index (χ2n) is 4.06. The molecule has 0 atom stereocenters. The maximum absolute atomic E-state index is 12.3. The highest BCUT2D eigenvalue weighted by molar-refractivity contribution is 7.10. The van der Waals surface area contributed by atoms with E-state index in [1.54, 1.807) is 18.5 Å². The molecule has 0 spiro atoms. The lowest BCUT2D eigenvalue weighted by molar-refractivity contribution is -0.121. The topological polar surface area (TPSA) is 69.6 Å². The number of carbonyl (C=O) groups is 2. The minimum absolute atomic E-state index is 0.0523. The molecule has 0 bridgehead atoms. The predicted molar refractivity (Wildman–Crippen MR) is 78.5 cm³/mol. The van der Waals surface area contributed by atoms with Crippen LogP contribution in [-0.2, 0) is 4.79 Å². The molecule has 2 amide bonds. The highest BCUT2D eigenvalue weighted by Crippen LogP contribution is 2.15. The summed E-state index contributed by atoms with van der Waals surface area (Å²) in [5.74, 6) is 4.93. The Morgan fingerprint density at radius 2 is 2.25 bits per heavy atom. The Balaban J connectivity index is 2.83. The normalized spacial score (nSPS) is 9.55. The number of nitrogens with one attached hydrogen (secondary N) is 1. The van der Waals surface area contributed by atoms with Crippen molar-refractivity contribution in [2.24, 2.45) is 0 Å². The number of carbonyl (C=O) groups excluding carboxylic acids is 2. The minimum Gasteiger partial charge on any atom is -0.384 e. The number of hydrogen-bond acceptors (Lipinski definition) is 4. The Labute approximate surface area is 122 Å². The average molecular weight is 294 g/mol. The molecular formula is C14H18N2O3S. The molecule has 5 nitrogen and oxygen atoms in total. The van der Waals surface area contributed by atoms with E-state index in [1.165, 1.54) is 16.2 Å². The van der Waals surface area contributed by atoms with E-state index < -0.39 is 0 Å². The van der Waals surface area contributed by atoms with Crippen LogP contribution in [0.5, 0.6) is 0 Å². The van der Waals surface area contributed by atoms with Crippen LogP contribution in [-0.4, -0.2) is 48.6 Å². The molecule has 6 heteroatoms. The van der Waals surface area contributed by atoms with Crippen molar-refractivity contribution in [1.29, 1.82) is 0 Å². The van der Waals surface area contributed by atoms with Crippen LogP contribution < -0.4 is 5.32 Å². The van der Waals surface area contributed by atoms with Crippen LogP contribution in [0.4, 0.5) is 0 Å². The predicted octanol–water partition coefficient (Wildman–Crippen LogP) is 0.690. The molecule has 1 rings (SSSR count). The molecule has 0 saturated heterocycles. The molecular weight excluding hydrogens is 276 g/mol. The molecule has 108 valence electrons. The molecule has 1 heterocycles. The van der Waals surface area contributed by atoms with E-state index in [2.05, 4.69) is 17.2 Å². The average Bonchev–Trinajstić information content (AvgIpc) is 2.92. The SMILES string of the molecule is CCCN(CC(=O)NC)C(=O)c1csc(C#CCO)c1. The van der Waals surface area contributed by atoms with Gasteiger partial charge in [-0.3, -0.25) is 9.59 Å². The van der Waals surface area contributed by atoms with Crippen LogP contribution in [0.3, 0.4) is 0 Å². The van der Waals surface area contributed by atoms with E-state index >= 15 is 0 Å². The smallest absolute Gasteiger partial charge is 0.255 e. The van der Waals surface area contributed by atoms with E-state index in [9.17, 15) is 9.59 Å². The number of amides is 2. The van der Waals surface area contributed by atoms with Crippen LogP contribution in [0.15, 0.2) is 11.4 Å². The lowest BCUT2D eigenvalue weighted by atomic mass is 10.2. The second-order valence-corrected chi connectivity index (χ2v) is 4.97.